The molecule has 3 saturated carbocycles. The van der Waals surface area contributed by atoms with Gasteiger partial charge < -0.3 is 9.64 Å². The Kier molecular flexibility index (Phi) is 5.46. The van der Waals surface area contributed by atoms with Crippen molar-refractivity contribution in [1.29, 1.82) is 0 Å². The zero-order valence-corrected chi connectivity index (χ0v) is 22.4. The molecular weight excluding hydrogens is 418 g/mol. The molecular formula is C31H47NO2. The standard InChI is InChI=1S/C31H47NO2/c1-18(2)32-17-19(3)13-28-29(32)21(5)31(34-28)12-10-24-25-8-7-22-14-23(33)9-11-30(22,6)27(25)15-26(24)20(4)16-31/h19,21-22,24-25,27-29H,1,7-17H2,2-6H3/t19-,21+,22+,24-,25-,27-,28+,29-,30-,31-/m0/s1. The van der Waals surface area contributed by atoms with E-state index in [2.05, 4.69) is 46.1 Å². The van der Waals surface area contributed by atoms with Crippen LogP contribution in [0.25, 0.3) is 0 Å². The van der Waals surface area contributed by atoms with Crippen LogP contribution in [0.4, 0.5) is 0 Å². The molecule has 0 radical (unpaired) electrons. The minimum absolute atomic E-state index is 0.00236. The number of hydrogen-bond donors (Lipinski definition) is 0. The average molecular weight is 466 g/mol. The zero-order valence-electron chi connectivity index (χ0n) is 22.4. The van der Waals surface area contributed by atoms with E-state index in [9.17, 15) is 4.79 Å². The summed E-state index contributed by atoms with van der Waals surface area (Å²) in [6.07, 6.45) is 11.9. The maximum atomic E-state index is 12.2. The van der Waals surface area contributed by atoms with Crippen LogP contribution in [0, 0.1) is 40.9 Å². The lowest BCUT2D eigenvalue weighted by molar-refractivity contribution is -0.129. The minimum atomic E-state index is 0.00236. The van der Waals surface area contributed by atoms with E-state index in [1.165, 1.54) is 44.2 Å². The van der Waals surface area contributed by atoms with Crippen molar-refractivity contribution in [3.8, 4) is 0 Å². The van der Waals surface area contributed by atoms with Crippen molar-refractivity contribution >= 4 is 5.78 Å². The first kappa shape index (κ1) is 23.3. The summed E-state index contributed by atoms with van der Waals surface area (Å²) in [5.41, 5.74) is 5.07. The topological polar surface area (TPSA) is 29.5 Å². The molecule has 3 heteroatoms. The molecule has 4 aliphatic carbocycles. The predicted octanol–water partition coefficient (Wildman–Crippen LogP) is 6.93. The molecule has 0 amide bonds. The van der Waals surface area contributed by atoms with E-state index in [1.807, 2.05) is 0 Å². The van der Waals surface area contributed by atoms with E-state index >= 15 is 0 Å². The number of piperidine rings is 1. The van der Waals surface area contributed by atoms with Crippen LogP contribution in [0.5, 0.6) is 0 Å². The van der Waals surface area contributed by atoms with Crippen molar-refractivity contribution in [2.24, 2.45) is 40.9 Å². The van der Waals surface area contributed by atoms with E-state index in [0.29, 0.717) is 41.1 Å². The van der Waals surface area contributed by atoms with Gasteiger partial charge in [0.15, 0.2) is 0 Å². The van der Waals surface area contributed by atoms with Gasteiger partial charge in [0.05, 0.1) is 17.7 Å². The van der Waals surface area contributed by atoms with Gasteiger partial charge >= 0.3 is 0 Å². The van der Waals surface area contributed by atoms with E-state index < -0.39 is 0 Å². The van der Waals surface area contributed by atoms with Gasteiger partial charge in [-0.25, -0.2) is 0 Å². The van der Waals surface area contributed by atoms with Crippen LogP contribution in [0.15, 0.2) is 23.4 Å². The third-order valence-corrected chi connectivity index (χ3v) is 12.1. The van der Waals surface area contributed by atoms with E-state index in [1.54, 1.807) is 11.1 Å². The molecule has 2 heterocycles. The summed E-state index contributed by atoms with van der Waals surface area (Å²) in [6, 6.07) is 0.492. The first-order chi connectivity index (χ1) is 16.1. The van der Waals surface area contributed by atoms with Gasteiger partial charge in [0, 0.05) is 31.0 Å². The monoisotopic (exact) mass is 465 g/mol. The minimum Gasteiger partial charge on any atom is -0.369 e. The number of fused-ring (bicyclic) bond motifs is 6. The summed E-state index contributed by atoms with van der Waals surface area (Å²) in [4.78, 5) is 14.8. The van der Waals surface area contributed by atoms with Crippen LogP contribution >= 0.6 is 0 Å². The van der Waals surface area contributed by atoms with Crippen molar-refractivity contribution in [2.45, 2.75) is 117 Å². The number of ether oxygens (including phenoxy) is 1. The van der Waals surface area contributed by atoms with Crippen molar-refractivity contribution in [2.75, 3.05) is 6.54 Å². The number of carbonyl (C=O) groups excluding carboxylic acids is 1. The average Bonchev–Trinajstić information content (AvgIpc) is 3.24. The Labute approximate surface area is 207 Å². The summed E-state index contributed by atoms with van der Waals surface area (Å²) >= 11 is 0. The molecule has 3 nitrogen and oxygen atoms in total. The lowest BCUT2D eigenvalue weighted by Crippen LogP contribution is -2.50. The number of allylic oxidation sites excluding steroid dienone is 2. The molecule has 34 heavy (non-hydrogen) atoms. The quantitative estimate of drug-likeness (QED) is 0.393. The van der Waals surface area contributed by atoms with Gasteiger partial charge in [0.1, 0.15) is 5.78 Å². The third-order valence-electron chi connectivity index (χ3n) is 12.1. The summed E-state index contributed by atoms with van der Waals surface area (Å²) in [5.74, 6) is 4.77. The highest BCUT2D eigenvalue weighted by atomic mass is 16.5. The largest absolute Gasteiger partial charge is 0.369 e. The number of ketones is 1. The zero-order chi connectivity index (χ0) is 24.0. The smallest absolute Gasteiger partial charge is 0.133 e. The molecule has 0 bridgehead atoms. The summed E-state index contributed by atoms with van der Waals surface area (Å²) in [5, 5.41) is 0. The van der Waals surface area contributed by atoms with Crippen molar-refractivity contribution in [3.05, 3.63) is 23.4 Å². The molecule has 0 unspecified atom stereocenters. The summed E-state index contributed by atoms with van der Waals surface area (Å²) < 4.78 is 7.17. The lowest BCUT2D eigenvalue weighted by atomic mass is 9.52. The molecule has 6 rings (SSSR count). The molecule has 0 aromatic carbocycles. The maximum Gasteiger partial charge on any atom is 0.133 e. The molecule has 188 valence electrons. The van der Waals surface area contributed by atoms with E-state index in [0.717, 1.165) is 50.0 Å². The van der Waals surface area contributed by atoms with Gasteiger partial charge in [-0.3, -0.25) is 4.79 Å². The first-order valence-electron chi connectivity index (χ1n) is 14.4. The maximum absolute atomic E-state index is 12.2. The fourth-order valence-electron chi connectivity index (χ4n) is 10.3. The highest BCUT2D eigenvalue weighted by Gasteiger charge is 2.60. The summed E-state index contributed by atoms with van der Waals surface area (Å²) in [6.45, 7) is 17.6. The Balaban J connectivity index is 1.29. The van der Waals surface area contributed by atoms with Gasteiger partial charge in [-0.2, -0.15) is 0 Å². The van der Waals surface area contributed by atoms with Crippen molar-refractivity contribution < 1.29 is 9.53 Å². The van der Waals surface area contributed by atoms with Crippen LogP contribution in [-0.4, -0.2) is 35.0 Å². The lowest BCUT2D eigenvalue weighted by Gasteiger charge is -2.52. The van der Waals surface area contributed by atoms with Crippen LogP contribution in [0.2, 0.25) is 0 Å². The van der Waals surface area contributed by atoms with Crippen LogP contribution in [0.3, 0.4) is 0 Å². The first-order valence-corrected chi connectivity index (χ1v) is 14.4. The molecule has 10 atom stereocenters. The Morgan fingerprint density at radius 1 is 1.15 bits per heavy atom. The van der Waals surface area contributed by atoms with Gasteiger partial charge in [-0.1, -0.05) is 38.5 Å². The SMILES string of the molecule is C=C(C)N1C[C@@H](C)C[C@H]2O[C@]3(CC[C@@H]4C(=C(C)C3)C[C@H]3[C@H]4CC[C@@H]4CC(=O)CC[C@@]43C)[C@H](C)[C@@H]21. The number of nitrogens with zero attached hydrogens (tertiary/aromatic N) is 1. The predicted molar refractivity (Wildman–Crippen MR) is 137 cm³/mol. The van der Waals surface area contributed by atoms with Gasteiger partial charge in [-0.05, 0) is 100 Å². The second kappa shape index (κ2) is 7.95. The number of Topliss-reactive ketones (excluding diaryl/α,β-unsaturated/α-hetero) is 1. The molecule has 0 aromatic heterocycles. The second-order valence-corrected chi connectivity index (χ2v) is 13.9. The fraction of sp³-hybridized carbons (Fsp3) is 0.839. The second-order valence-electron chi connectivity index (χ2n) is 13.9. The number of carbonyl (C=O) groups is 1. The molecule has 0 aromatic rings. The summed E-state index contributed by atoms with van der Waals surface area (Å²) in [7, 11) is 0. The highest BCUT2D eigenvalue weighted by Crippen LogP contribution is 2.65. The molecule has 2 aliphatic heterocycles. The van der Waals surface area contributed by atoms with Crippen LogP contribution < -0.4 is 0 Å². The highest BCUT2D eigenvalue weighted by molar-refractivity contribution is 5.79. The Morgan fingerprint density at radius 2 is 1.94 bits per heavy atom. The van der Waals surface area contributed by atoms with Crippen molar-refractivity contribution in [3.63, 3.8) is 0 Å². The Hall–Kier alpha value is -1.09. The van der Waals surface area contributed by atoms with Gasteiger partial charge in [0.25, 0.3) is 0 Å². The third kappa shape index (κ3) is 3.27. The molecule has 5 fully saturated rings. The number of hydrogen-bond acceptors (Lipinski definition) is 3. The Bertz CT molecular complexity index is 920. The van der Waals surface area contributed by atoms with Crippen molar-refractivity contribution in [1.82, 2.24) is 4.90 Å². The van der Waals surface area contributed by atoms with Gasteiger partial charge in [0.2, 0.25) is 0 Å². The van der Waals surface area contributed by atoms with E-state index in [4.69, 9.17) is 4.74 Å². The number of likely N-dealkylation sites (tertiary alicyclic amines) is 1. The molecule has 1 spiro atoms. The Morgan fingerprint density at radius 3 is 2.71 bits per heavy atom. The number of rotatable bonds is 1. The van der Waals surface area contributed by atoms with E-state index in [-0.39, 0.29) is 5.60 Å². The molecule has 2 saturated heterocycles. The fourth-order valence-corrected chi connectivity index (χ4v) is 10.3. The van der Waals surface area contributed by atoms with Crippen LogP contribution in [-0.2, 0) is 9.53 Å². The molecule has 0 N–H and O–H groups in total. The normalized spacial score (nSPS) is 50.5. The van der Waals surface area contributed by atoms with Crippen LogP contribution in [0.1, 0.15) is 98.8 Å². The van der Waals surface area contributed by atoms with Gasteiger partial charge in [-0.15, -0.1) is 0 Å². The molecule has 6 aliphatic rings.